The molecule has 2 N–H and O–H groups in total. The summed E-state index contributed by atoms with van der Waals surface area (Å²) in [5.74, 6) is -1.25. The van der Waals surface area contributed by atoms with E-state index in [-0.39, 0.29) is 0 Å². The van der Waals surface area contributed by atoms with E-state index in [1.807, 2.05) is 0 Å². The van der Waals surface area contributed by atoms with Gasteiger partial charge in [0.1, 0.15) is 0 Å². The van der Waals surface area contributed by atoms with Gasteiger partial charge in [0, 0.05) is 0 Å². The van der Waals surface area contributed by atoms with Crippen LogP contribution in [0.2, 0.25) is 0 Å². The van der Waals surface area contributed by atoms with E-state index in [9.17, 15) is 4.79 Å². The molecule has 0 bridgehead atoms. The molecule has 0 fully saturated rings. The van der Waals surface area contributed by atoms with Gasteiger partial charge in [-0.2, -0.15) is 0 Å². The van der Waals surface area contributed by atoms with E-state index >= 15 is 0 Å². The van der Waals surface area contributed by atoms with E-state index in [1.165, 1.54) is 0 Å². The molecule has 3 heteroatoms. The van der Waals surface area contributed by atoms with Crippen molar-refractivity contribution in [1.82, 2.24) is 0 Å². The number of carboxylic acid groups (broad SMARTS) is 1. The van der Waals surface area contributed by atoms with E-state index in [0.29, 0.717) is 6.42 Å². The summed E-state index contributed by atoms with van der Waals surface area (Å²) in [6.45, 7) is 1.58. The van der Waals surface area contributed by atoms with Crippen LogP contribution < -0.4 is 0 Å². The zero-order chi connectivity index (χ0) is 6.57. The molecule has 0 spiro atoms. The highest BCUT2D eigenvalue weighted by Gasteiger charge is 2.06. The molecule has 0 saturated heterocycles. The molecule has 0 aliphatic heterocycles. The molecule has 0 heterocycles. The Morgan fingerprint density at radius 1 is 2.00 bits per heavy atom. The van der Waals surface area contributed by atoms with E-state index in [1.54, 1.807) is 6.92 Å². The second kappa shape index (κ2) is 3.18. The number of hydrogen-bond acceptors (Lipinski definition) is 2. The minimum absolute atomic E-state index is 0.329. The van der Waals surface area contributed by atoms with E-state index in [0.717, 1.165) is 6.21 Å². The molecule has 8 heavy (non-hydrogen) atoms. The van der Waals surface area contributed by atoms with Crippen LogP contribution in [0.5, 0.6) is 0 Å². The Labute approximate surface area is 47.8 Å². The summed E-state index contributed by atoms with van der Waals surface area (Å²) in [7, 11) is 0. The van der Waals surface area contributed by atoms with Crippen LogP contribution in [0.1, 0.15) is 13.3 Å². The highest BCUT2D eigenvalue weighted by molar-refractivity contribution is 5.73. The molecule has 1 atom stereocenters. The minimum Gasteiger partial charge on any atom is -0.481 e. The molecule has 0 aromatic rings. The topological polar surface area (TPSA) is 61.2 Å². The molecule has 0 aromatic heterocycles. The summed E-state index contributed by atoms with van der Waals surface area (Å²) < 4.78 is 0. The van der Waals surface area contributed by atoms with Crippen molar-refractivity contribution in [3.05, 3.63) is 0 Å². The Hall–Kier alpha value is -0.860. The molecule has 0 radical (unpaired) electrons. The van der Waals surface area contributed by atoms with Crippen molar-refractivity contribution >= 4 is 12.2 Å². The third-order valence-electron chi connectivity index (χ3n) is 0.893. The number of carboxylic acids is 1. The van der Waals surface area contributed by atoms with Gasteiger partial charge in [-0.15, -0.1) is 0 Å². The number of aliphatic carboxylic acids is 1. The Morgan fingerprint density at radius 3 is 2.62 bits per heavy atom. The molecule has 0 rings (SSSR count). The van der Waals surface area contributed by atoms with Crippen molar-refractivity contribution in [2.24, 2.45) is 5.92 Å². The van der Waals surface area contributed by atoms with Crippen molar-refractivity contribution in [2.75, 3.05) is 0 Å². The van der Waals surface area contributed by atoms with Gasteiger partial charge < -0.3 is 10.5 Å². The van der Waals surface area contributed by atoms with Crippen LogP contribution >= 0.6 is 0 Å². The fraction of sp³-hybridized carbons (Fsp3) is 0.600. The Balaban J connectivity index is 3.46. The van der Waals surface area contributed by atoms with Crippen LogP contribution in [-0.2, 0) is 4.79 Å². The van der Waals surface area contributed by atoms with Crippen LogP contribution in [0.25, 0.3) is 0 Å². The first-order valence-corrected chi connectivity index (χ1v) is 2.40. The van der Waals surface area contributed by atoms with Crippen LogP contribution in [0.3, 0.4) is 0 Å². The third-order valence-corrected chi connectivity index (χ3v) is 0.893. The van der Waals surface area contributed by atoms with E-state index < -0.39 is 11.9 Å². The van der Waals surface area contributed by atoms with Gasteiger partial charge in [0.2, 0.25) is 0 Å². The summed E-state index contributed by atoms with van der Waals surface area (Å²) in [6.07, 6.45) is 1.44. The van der Waals surface area contributed by atoms with Crippen LogP contribution in [-0.4, -0.2) is 17.3 Å². The lowest BCUT2D eigenvalue weighted by molar-refractivity contribution is -0.140. The van der Waals surface area contributed by atoms with Gasteiger partial charge in [-0.25, -0.2) is 0 Å². The normalized spacial score (nSPS) is 12.6. The fourth-order valence-electron chi connectivity index (χ4n) is 0.278. The third kappa shape index (κ3) is 2.34. The Bertz CT molecular complexity index is 101. The molecule has 46 valence electrons. The van der Waals surface area contributed by atoms with Gasteiger partial charge in [0.15, 0.2) is 0 Å². The minimum atomic E-state index is -0.839. The summed E-state index contributed by atoms with van der Waals surface area (Å²) >= 11 is 0. The number of nitrogens with one attached hydrogen (secondary N) is 1. The molecular weight excluding hydrogens is 106 g/mol. The monoisotopic (exact) mass is 115 g/mol. The average molecular weight is 115 g/mol. The predicted molar refractivity (Wildman–Crippen MR) is 30.2 cm³/mol. The molecule has 1 unspecified atom stereocenters. The van der Waals surface area contributed by atoms with Gasteiger partial charge >= 0.3 is 5.97 Å². The van der Waals surface area contributed by atoms with Crippen LogP contribution in [0.4, 0.5) is 0 Å². The van der Waals surface area contributed by atoms with Crippen molar-refractivity contribution in [1.29, 1.82) is 5.41 Å². The zero-order valence-electron chi connectivity index (χ0n) is 4.72. The lowest BCUT2D eigenvalue weighted by atomic mass is 10.1. The summed E-state index contributed by atoms with van der Waals surface area (Å²) in [5, 5.41) is 14.7. The average Bonchev–Trinajstić information content (AvgIpc) is 1.67. The van der Waals surface area contributed by atoms with Gasteiger partial charge in [0.05, 0.1) is 5.92 Å². The molecule has 3 nitrogen and oxygen atoms in total. The zero-order valence-corrected chi connectivity index (χ0v) is 4.72. The smallest absolute Gasteiger partial charge is 0.306 e. The van der Waals surface area contributed by atoms with Gasteiger partial charge in [-0.3, -0.25) is 4.79 Å². The van der Waals surface area contributed by atoms with Gasteiger partial charge in [-0.05, 0) is 12.6 Å². The van der Waals surface area contributed by atoms with Crippen LogP contribution in [0.15, 0.2) is 0 Å². The summed E-state index contributed by atoms with van der Waals surface area (Å²) in [4.78, 5) is 9.99. The van der Waals surface area contributed by atoms with Crippen molar-refractivity contribution in [2.45, 2.75) is 13.3 Å². The molecular formula is C5H9NO2. The first-order chi connectivity index (χ1) is 3.68. The summed E-state index contributed by atoms with van der Waals surface area (Å²) in [6, 6.07) is 0. The van der Waals surface area contributed by atoms with E-state index in [4.69, 9.17) is 10.5 Å². The van der Waals surface area contributed by atoms with Crippen molar-refractivity contribution in [3.8, 4) is 0 Å². The molecule has 0 aliphatic rings. The SMILES string of the molecule is CC(CC=N)C(=O)O. The first kappa shape index (κ1) is 7.14. The second-order valence-corrected chi connectivity index (χ2v) is 1.68. The fourth-order valence-corrected chi connectivity index (χ4v) is 0.278. The second-order valence-electron chi connectivity index (χ2n) is 1.68. The Morgan fingerprint density at radius 2 is 2.50 bits per heavy atom. The first-order valence-electron chi connectivity index (χ1n) is 2.40. The largest absolute Gasteiger partial charge is 0.481 e. The van der Waals surface area contributed by atoms with Crippen LogP contribution in [0, 0.1) is 11.3 Å². The maximum atomic E-state index is 9.99. The van der Waals surface area contributed by atoms with Gasteiger partial charge in [0.25, 0.3) is 0 Å². The highest BCUT2D eigenvalue weighted by Crippen LogP contribution is 1.96. The maximum Gasteiger partial charge on any atom is 0.306 e. The number of carbonyl (C=O) groups is 1. The summed E-state index contributed by atoms with van der Waals surface area (Å²) in [5.41, 5.74) is 0. The highest BCUT2D eigenvalue weighted by atomic mass is 16.4. The van der Waals surface area contributed by atoms with Crippen molar-refractivity contribution < 1.29 is 9.90 Å². The number of hydrogen-bond donors (Lipinski definition) is 2. The Kier molecular flexibility index (Phi) is 2.84. The molecule has 0 amide bonds. The lowest BCUT2D eigenvalue weighted by Crippen LogP contribution is -2.08. The lowest BCUT2D eigenvalue weighted by Gasteiger charge is -1.96. The predicted octanol–water partition coefficient (Wildman–Crippen LogP) is 0.747. The molecule has 0 aliphatic carbocycles. The molecule has 0 aromatic carbocycles. The quantitative estimate of drug-likeness (QED) is 0.533. The molecule has 0 saturated carbocycles. The van der Waals surface area contributed by atoms with Crippen molar-refractivity contribution in [3.63, 3.8) is 0 Å². The van der Waals surface area contributed by atoms with E-state index in [2.05, 4.69) is 0 Å². The number of rotatable bonds is 3. The van der Waals surface area contributed by atoms with Gasteiger partial charge in [-0.1, -0.05) is 6.92 Å². The standard InChI is InChI=1S/C5H9NO2/c1-4(2-3-6)5(7)8/h3-4,6H,2H2,1H3,(H,7,8). The maximum absolute atomic E-state index is 9.99.